The molecule has 1 saturated carbocycles. The van der Waals surface area contributed by atoms with Gasteiger partial charge in [0.1, 0.15) is 29.8 Å². The Balaban J connectivity index is 0.960. The van der Waals surface area contributed by atoms with Gasteiger partial charge in [-0.3, -0.25) is 9.59 Å². The Labute approximate surface area is 385 Å². The summed E-state index contributed by atoms with van der Waals surface area (Å²) in [5.74, 6) is 0.114. The number of benzene rings is 3. The van der Waals surface area contributed by atoms with Crippen molar-refractivity contribution in [2.75, 3.05) is 32.8 Å². The van der Waals surface area contributed by atoms with Crippen molar-refractivity contribution in [2.45, 2.75) is 69.7 Å². The summed E-state index contributed by atoms with van der Waals surface area (Å²) in [5.41, 5.74) is 6.27. The van der Waals surface area contributed by atoms with Gasteiger partial charge in [0.05, 0.1) is 48.9 Å². The molecule has 4 N–H and O–H groups in total. The zero-order chi connectivity index (χ0) is 46.8. The number of fused-ring (bicyclic) bond motifs is 6. The van der Waals surface area contributed by atoms with Crippen LogP contribution in [0.4, 0.5) is 9.59 Å². The number of alkyl carbamates (subject to hydrolysis) is 2. The first kappa shape index (κ1) is 44.7. The first-order chi connectivity index (χ1) is 31.5. The Morgan fingerprint density at radius 2 is 1.56 bits per heavy atom. The van der Waals surface area contributed by atoms with Crippen molar-refractivity contribution in [3.8, 4) is 22.4 Å². The van der Waals surface area contributed by atoms with E-state index in [0.29, 0.717) is 24.6 Å². The van der Waals surface area contributed by atoms with E-state index in [1.165, 1.54) is 14.2 Å². The predicted octanol–water partition coefficient (Wildman–Crippen LogP) is 7.58. The second-order valence-electron chi connectivity index (χ2n) is 18.0. The molecule has 18 heteroatoms. The van der Waals surface area contributed by atoms with Crippen LogP contribution in [0, 0.1) is 11.8 Å². The minimum absolute atomic E-state index is 0.0640. The number of methoxy groups -OCH3 is 2. The Hall–Kier alpha value is -6.53. The molecule has 4 amide bonds. The summed E-state index contributed by atoms with van der Waals surface area (Å²) in [6, 6.07) is 15.9. The average Bonchev–Trinajstić information content (AvgIpc) is 4.16. The van der Waals surface area contributed by atoms with Crippen molar-refractivity contribution < 1.29 is 37.1 Å². The van der Waals surface area contributed by atoms with Gasteiger partial charge in [-0.05, 0) is 84.1 Å². The SMILES string of the molecule is C=C(CS(C)(=O)=O)[C@H](NC(=O)OC)C(=O)N1[C@@H]2CC[C@@H](C2)[C@H]1c1nc2ccc(-c3ccc4c(c3)sc3cc(-c5cnc([C@@H]6C(=C)CCN6C(=O)[C@@H](NC(=O)OC)C(C)C)[nH]5)ccc34)cc2[nH]1. The molecule has 2 saturated heterocycles. The molecule has 6 aromatic rings. The fraction of sp³-hybridized carbons (Fsp3) is 0.375. The number of sulfone groups is 1. The lowest BCUT2D eigenvalue weighted by molar-refractivity contribution is -0.137. The smallest absolute Gasteiger partial charge is 0.407 e. The van der Waals surface area contributed by atoms with Gasteiger partial charge >= 0.3 is 12.2 Å². The van der Waals surface area contributed by atoms with E-state index in [2.05, 4.69) is 76.2 Å². The van der Waals surface area contributed by atoms with Crippen LogP contribution in [0.3, 0.4) is 0 Å². The number of aromatic nitrogens is 4. The largest absolute Gasteiger partial charge is 0.453 e. The molecule has 5 heterocycles. The molecule has 2 aliphatic heterocycles. The van der Waals surface area contributed by atoms with Gasteiger partial charge in [0.25, 0.3) is 0 Å². The van der Waals surface area contributed by atoms with Crippen LogP contribution >= 0.6 is 11.3 Å². The Bertz CT molecular complexity index is 3080. The average molecular weight is 933 g/mol. The number of piperidine rings is 1. The van der Waals surface area contributed by atoms with E-state index in [1.807, 2.05) is 26.0 Å². The molecular formula is C48H52N8O8S2. The molecule has 3 aromatic heterocycles. The topological polar surface area (TPSA) is 209 Å². The number of carbonyl (C=O) groups is 4. The Kier molecular flexibility index (Phi) is 11.7. The number of nitrogens with zero attached hydrogens (tertiary/aromatic N) is 4. The number of H-pyrrole nitrogens is 2. The molecule has 344 valence electrons. The monoisotopic (exact) mass is 932 g/mol. The predicted molar refractivity (Wildman–Crippen MR) is 253 cm³/mol. The molecule has 1 aliphatic carbocycles. The fourth-order valence-corrected chi connectivity index (χ4v) is 12.1. The number of likely N-dealkylation sites (tertiary alicyclic amines) is 2. The van der Waals surface area contributed by atoms with Gasteiger partial charge in [0, 0.05) is 44.6 Å². The normalized spacial score (nSPS) is 20.4. The quantitative estimate of drug-likeness (QED) is 0.0885. The highest BCUT2D eigenvalue weighted by Crippen LogP contribution is 2.50. The summed E-state index contributed by atoms with van der Waals surface area (Å²) in [7, 11) is -1.08. The van der Waals surface area contributed by atoms with Crippen molar-refractivity contribution >= 4 is 76.4 Å². The molecule has 6 atom stereocenters. The maximum absolute atomic E-state index is 14.3. The number of thiophene rings is 1. The summed E-state index contributed by atoms with van der Waals surface area (Å²) in [4.78, 5) is 72.7. The molecule has 3 aliphatic rings. The van der Waals surface area contributed by atoms with Crippen LogP contribution in [0.25, 0.3) is 53.6 Å². The zero-order valence-electron chi connectivity index (χ0n) is 37.3. The third-order valence-corrected chi connectivity index (χ3v) is 15.2. The molecule has 3 aromatic carbocycles. The van der Waals surface area contributed by atoms with Crippen LogP contribution in [0.1, 0.15) is 63.3 Å². The van der Waals surface area contributed by atoms with Crippen molar-refractivity contribution in [2.24, 2.45) is 11.8 Å². The maximum Gasteiger partial charge on any atom is 0.407 e. The molecular weight excluding hydrogens is 881 g/mol. The van der Waals surface area contributed by atoms with Crippen LogP contribution in [0.15, 0.2) is 85.1 Å². The zero-order valence-corrected chi connectivity index (χ0v) is 39.0. The second kappa shape index (κ2) is 17.4. The fourth-order valence-electron chi connectivity index (χ4n) is 10.0. The van der Waals surface area contributed by atoms with E-state index in [0.717, 1.165) is 84.7 Å². The molecule has 9 rings (SSSR count). The highest BCUT2D eigenvalue weighted by molar-refractivity contribution is 7.90. The summed E-state index contributed by atoms with van der Waals surface area (Å²) in [5, 5.41) is 7.49. The summed E-state index contributed by atoms with van der Waals surface area (Å²) in [6.45, 7) is 12.4. The number of rotatable bonds is 12. The number of hydrogen-bond donors (Lipinski definition) is 4. The molecule has 2 bridgehead atoms. The van der Waals surface area contributed by atoms with Gasteiger partial charge in [-0.25, -0.2) is 28.0 Å². The van der Waals surface area contributed by atoms with E-state index in [1.54, 1.807) is 27.3 Å². The van der Waals surface area contributed by atoms with Crippen LogP contribution in [-0.2, 0) is 28.9 Å². The first-order valence-corrected chi connectivity index (χ1v) is 24.8. The van der Waals surface area contributed by atoms with Crippen LogP contribution < -0.4 is 10.6 Å². The van der Waals surface area contributed by atoms with Crippen LogP contribution in [0.2, 0.25) is 0 Å². The van der Waals surface area contributed by atoms with E-state index >= 15 is 0 Å². The highest BCUT2D eigenvalue weighted by atomic mass is 32.2. The number of nitrogens with one attached hydrogen (secondary N) is 4. The number of hydrogen-bond acceptors (Lipinski definition) is 11. The van der Waals surface area contributed by atoms with Crippen LogP contribution in [0.5, 0.6) is 0 Å². The Morgan fingerprint density at radius 3 is 2.26 bits per heavy atom. The number of carbonyl (C=O) groups excluding carboxylic acids is 4. The van der Waals surface area contributed by atoms with Crippen molar-refractivity contribution in [3.05, 3.63) is 96.7 Å². The number of ether oxygens (including phenoxy) is 2. The minimum atomic E-state index is -3.54. The summed E-state index contributed by atoms with van der Waals surface area (Å²) >= 11 is 1.70. The maximum atomic E-state index is 14.3. The lowest BCUT2D eigenvalue weighted by Gasteiger charge is -2.37. The van der Waals surface area contributed by atoms with Gasteiger partial charge in [-0.1, -0.05) is 57.3 Å². The summed E-state index contributed by atoms with van der Waals surface area (Å²) in [6.07, 6.45) is 4.44. The third-order valence-electron chi connectivity index (χ3n) is 13.2. The van der Waals surface area contributed by atoms with Crippen molar-refractivity contribution in [3.63, 3.8) is 0 Å². The number of aromatic amines is 2. The lowest BCUT2D eigenvalue weighted by Crippen LogP contribution is -2.53. The molecule has 3 fully saturated rings. The molecule has 0 radical (unpaired) electrons. The molecule has 0 spiro atoms. The minimum Gasteiger partial charge on any atom is -0.453 e. The second-order valence-corrected chi connectivity index (χ2v) is 21.2. The number of imidazole rings is 2. The Morgan fingerprint density at radius 1 is 0.894 bits per heavy atom. The van der Waals surface area contributed by atoms with Gasteiger partial charge in [-0.2, -0.15) is 0 Å². The molecule has 66 heavy (non-hydrogen) atoms. The standard InChI is InChI=1S/C48H52N8O8S2/c1-24(2)39(53-47(59)63-5)45(57)55-17-16-25(3)41(55)43-49-22-36(52-43)29-10-14-33-32-13-9-28(20-37(32)65-38(33)21-29)27-11-15-34-35(19-27)51-44(50-34)42-30-8-12-31(18-30)56(42)46(58)40(54-48(60)64-6)26(4)23-66(7,61)62/h9-11,13-15,19-22,24,30-31,39-42H,3-4,8,12,16-18,23H2,1-2,5-7H3,(H,49,52)(H,50,51)(H,53,59)(H,54,60)/t30-,31+,39-,40-,41-,42-/m0/s1. The van der Waals surface area contributed by atoms with Gasteiger partial charge in [-0.15, -0.1) is 11.3 Å². The van der Waals surface area contributed by atoms with Gasteiger partial charge in [0.2, 0.25) is 11.8 Å². The molecule has 16 nitrogen and oxygen atoms in total. The highest BCUT2D eigenvalue weighted by Gasteiger charge is 2.52. The number of amides is 4. The van der Waals surface area contributed by atoms with Gasteiger partial charge < -0.3 is 39.9 Å². The summed E-state index contributed by atoms with van der Waals surface area (Å²) < 4.78 is 36.2. The van der Waals surface area contributed by atoms with E-state index < -0.39 is 57.9 Å². The first-order valence-electron chi connectivity index (χ1n) is 21.9. The van der Waals surface area contributed by atoms with E-state index in [-0.39, 0.29) is 29.4 Å². The van der Waals surface area contributed by atoms with E-state index in [4.69, 9.17) is 19.4 Å². The van der Waals surface area contributed by atoms with Crippen molar-refractivity contribution in [1.29, 1.82) is 0 Å². The third kappa shape index (κ3) is 8.31. The van der Waals surface area contributed by atoms with Crippen molar-refractivity contribution in [1.82, 2.24) is 40.4 Å². The van der Waals surface area contributed by atoms with Gasteiger partial charge in [0.15, 0.2) is 9.84 Å². The molecule has 0 unspecified atom stereocenters. The van der Waals surface area contributed by atoms with E-state index in [9.17, 15) is 27.6 Å². The van der Waals surface area contributed by atoms with Crippen LogP contribution in [-0.4, -0.2) is 113 Å². The lowest BCUT2D eigenvalue weighted by atomic mass is 9.96.